The normalized spacial score (nSPS) is 28.3. The molecule has 2 aliphatic rings. The van der Waals surface area contributed by atoms with Crippen LogP contribution < -0.4 is 9.55 Å². The Balaban J connectivity index is 2.05. The van der Waals surface area contributed by atoms with Gasteiger partial charge in [0, 0.05) is 25.7 Å². The van der Waals surface area contributed by atoms with E-state index in [0.29, 0.717) is 24.4 Å². The summed E-state index contributed by atoms with van der Waals surface area (Å²) in [6.45, 7) is 1.39. The largest absolute Gasteiger partial charge is 0.472 e. The highest BCUT2D eigenvalue weighted by Gasteiger charge is 2.50. The lowest BCUT2D eigenvalue weighted by Crippen LogP contribution is -2.56. The van der Waals surface area contributed by atoms with Gasteiger partial charge in [0.15, 0.2) is 11.4 Å². The summed E-state index contributed by atoms with van der Waals surface area (Å²) in [6.07, 6.45) is 3.85. The van der Waals surface area contributed by atoms with Crippen molar-refractivity contribution in [2.45, 2.75) is 12.0 Å². The Morgan fingerprint density at radius 2 is 2.41 bits per heavy atom. The van der Waals surface area contributed by atoms with E-state index in [0.717, 1.165) is 6.54 Å². The molecule has 1 fully saturated rings. The lowest BCUT2D eigenvalue weighted by Gasteiger charge is -2.39. The summed E-state index contributed by atoms with van der Waals surface area (Å²) in [4.78, 5) is 19.5. The van der Waals surface area contributed by atoms with Gasteiger partial charge in [0.1, 0.15) is 0 Å². The van der Waals surface area contributed by atoms with Crippen LogP contribution in [0.5, 0.6) is 5.75 Å². The fourth-order valence-corrected chi connectivity index (χ4v) is 2.46. The summed E-state index contributed by atoms with van der Waals surface area (Å²) in [5.41, 5.74) is -0.260. The van der Waals surface area contributed by atoms with Crippen molar-refractivity contribution >= 4 is 19.6 Å². The van der Waals surface area contributed by atoms with Crippen molar-refractivity contribution in [1.82, 2.24) is 9.88 Å². The van der Waals surface area contributed by atoms with Crippen LogP contribution in [0.4, 0.5) is 5.69 Å². The second kappa shape index (κ2) is 3.47. The number of hydrogen-bond acceptors (Lipinski definition) is 4. The molecule has 86 valence electrons. The number of nitrogens with zero attached hydrogens (tertiary/aromatic N) is 3. The topological polar surface area (TPSA) is 45.7 Å². The minimum atomic E-state index is -0.834. The second-order valence-electron chi connectivity index (χ2n) is 4.60. The highest BCUT2D eigenvalue weighted by Crippen LogP contribution is 2.39. The van der Waals surface area contributed by atoms with Crippen molar-refractivity contribution in [3.05, 3.63) is 18.5 Å². The Hall–Kier alpha value is -1.56. The minimum absolute atomic E-state index is 0.180. The van der Waals surface area contributed by atoms with E-state index in [-0.39, 0.29) is 5.91 Å². The number of hydrogen-bond donors (Lipinski definition) is 0. The molecule has 1 saturated heterocycles. The van der Waals surface area contributed by atoms with Crippen LogP contribution in [0.1, 0.15) is 6.42 Å². The number of likely N-dealkylation sites (N-methyl/N-ethyl adjacent to an activating group) is 1. The molecule has 1 amide bonds. The SMILES string of the molecule is [B]N1C(=O)C2(CCN(C)C2)Oc2cnccc21. The molecule has 0 saturated carbocycles. The molecule has 17 heavy (non-hydrogen) atoms. The monoisotopic (exact) mass is 229 g/mol. The van der Waals surface area contributed by atoms with Gasteiger partial charge in [-0.05, 0) is 13.1 Å². The molecule has 1 spiro atoms. The quantitative estimate of drug-likeness (QED) is 0.586. The zero-order chi connectivity index (χ0) is 12.0. The van der Waals surface area contributed by atoms with Gasteiger partial charge in [-0.15, -0.1) is 0 Å². The third-order valence-corrected chi connectivity index (χ3v) is 3.36. The standard InChI is InChI=1S/C11H12BN3O2/c1-14-5-3-11(7-14)10(16)15(12)8-2-4-13-6-9(8)17-11/h2,4,6H,3,5,7H2,1H3. The molecule has 3 heterocycles. The molecule has 1 unspecified atom stereocenters. The molecule has 3 rings (SSSR count). The fourth-order valence-electron chi connectivity index (χ4n) is 2.46. The molecule has 2 aliphatic heterocycles. The maximum Gasteiger partial charge on any atom is 0.259 e. The van der Waals surface area contributed by atoms with E-state index in [9.17, 15) is 4.79 Å². The van der Waals surface area contributed by atoms with Crippen LogP contribution in [0.2, 0.25) is 0 Å². The van der Waals surface area contributed by atoms with Crippen LogP contribution >= 0.6 is 0 Å². The molecule has 1 aromatic rings. The predicted octanol–water partition coefficient (Wildman–Crippen LogP) is -0.0352. The van der Waals surface area contributed by atoms with Gasteiger partial charge < -0.3 is 14.4 Å². The minimum Gasteiger partial charge on any atom is -0.472 e. The molecular weight excluding hydrogens is 217 g/mol. The highest BCUT2D eigenvalue weighted by molar-refractivity contribution is 6.33. The Morgan fingerprint density at radius 3 is 3.12 bits per heavy atom. The zero-order valence-corrected chi connectivity index (χ0v) is 9.59. The van der Waals surface area contributed by atoms with Crippen LogP contribution in [-0.4, -0.2) is 49.5 Å². The van der Waals surface area contributed by atoms with Gasteiger partial charge >= 0.3 is 0 Å². The van der Waals surface area contributed by atoms with E-state index in [1.807, 2.05) is 7.05 Å². The second-order valence-corrected chi connectivity index (χ2v) is 4.60. The third kappa shape index (κ3) is 1.44. The summed E-state index contributed by atoms with van der Waals surface area (Å²) in [6, 6.07) is 1.68. The van der Waals surface area contributed by atoms with Crippen molar-refractivity contribution < 1.29 is 9.53 Å². The number of carbonyl (C=O) groups is 1. The van der Waals surface area contributed by atoms with E-state index in [1.54, 1.807) is 18.5 Å². The average molecular weight is 229 g/mol. The van der Waals surface area contributed by atoms with Gasteiger partial charge in [-0.2, -0.15) is 0 Å². The summed E-state index contributed by atoms with van der Waals surface area (Å²) in [5.74, 6) is 0.394. The Labute approximate surface area is 101 Å². The van der Waals surface area contributed by atoms with Crippen LogP contribution in [0, 0.1) is 0 Å². The van der Waals surface area contributed by atoms with Crippen LogP contribution in [-0.2, 0) is 4.79 Å². The van der Waals surface area contributed by atoms with Gasteiger partial charge in [0.05, 0.1) is 11.9 Å². The number of carbonyl (C=O) groups excluding carboxylic acids is 1. The Bertz CT molecular complexity index is 482. The van der Waals surface area contributed by atoms with Crippen molar-refractivity contribution in [2.24, 2.45) is 0 Å². The molecule has 5 nitrogen and oxygen atoms in total. The third-order valence-electron chi connectivity index (χ3n) is 3.36. The molecule has 0 aliphatic carbocycles. The summed E-state index contributed by atoms with van der Waals surface area (Å²) in [5, 5.41) is 0. The Kier molecular flexibility index (Phi) is 2.16. The van der Waals surface area contributed by atoms with E-state index in [1.165, 1.54) is 4.81 Å². The molecule has 1 aromatic heterocycles. The number of anilines is 1. The molecule has 0 N–H and O–H groups in total. The first-order valence-corrected chi connectivity index (χ1v) is 5.53. The van der Waals surface area contributed by atoms with E-state index < -0.39 is 5.60 Å². The average Bonchev–Trinajstić information content (AvgIpc) is 2.69. The zero-order valence-electron chi connectivity index (χ0n) is 9.59. The molecule has 6 heteroatoms. The maximum atomic E-state index is 12.3. The van der Waals surface area contributed by atoms with E-state index >= 15 is 0 Å². The number of pyridine rings is 1. The summed E-state index contributed by atoms with van der Waals surface area (Å²) in [7, 11) is 7.81. The lowest BCUT2D eigenvalue weighted by atomic mass is 9.96. The number of fused-ring (bicyclic) bond motifs is 1. The molecule has 0 aromatic carbocycles. The first-order chi connectivity index (χ1) is 8.12. The Morgan fingerprint density at radius 1 is 1.59 bits per heavy atom. The number of rotatable bonds is 0. The lowest BCUT2D eigenvalue weighted by molar-refractivity contribution is -0.133. The summed E-state index contributed by atoms with van der Waals surface area (Å²) < 4.78 is 5.86. The fraction of sp³-hybridized carbons (Fsp3) is 0.455. The first kappa shape index (κ1) is 10.6. The maximum absolute atomic E-state index is 12.3. The van der Waals surface area contributed by atoms with Crippen LogP contribution in [0.3, 0.4) is 0 Å². The highest BCUT2D eigenvalue weighted by atomic mass is 16.5. The predicted molar refractivity (Wildman–Crippen MR) is 63.0 cm³/mol. The van der Waals surface area contributed by atoms with E-state index in [2.05, 4.69) is 9.88 Å². The van der Waals surface area contributed by atoms with Crippen LogP contribution in [0.15, 0.2) is 18.5 Å². The van der Waals surface area contributed by atoms with Crippen molar-refractivity contribution in [3.63, 3.8) is 0 Å². The molecule has 1 atom stereocenters. The van der Waals surface area contributed by atoms with Gasteiger partial charge in [0.2, 0.25) is 7.98 Å². The summed E-state index contributed by atoms with van der Waals surface area (Å²) >= 11 is 0. The van der Waals surface area contributed by atoms with E-state index in [4.69, 9.17) is 12.7 Å². The molecular formula is C11H12BN3O2. The number of ether oxygens (including phenoxy) is 1. The molecule has 0 bridgehead atoms. The number of likely N-dealkylation sites (tertiary alicyclic amines) is 1. The van der Waals surface area contributed by atoms with Gasteiger partial charge in [-0.3, -0.25) is 9.78 Å². The molecule has 2 radical (unpaired) electrons. The smallest absolute Gasteiger partial charge is 0.259 e. The van der Waals surface area contributed by atoms with Crippen molar-refractivity contribution in [2.75, 3.05) is 24.9 Å². The van der Waals surface area contributed by atoms with Gasteiger partial charge in [-0.25, -0.2) is 0 Å². The number of amides is 1. The van der Waals surface area contributed by atoms with Crippen molar-refractivity contribution in [3.8, 4) is 5.75 Å². The van der Waals surface area contributed by atoms with Crippen LogP contribution in [0.25, 0.3) is 0 Å². The van der Waals surface area contributed by atoms with Crippen molar-refractivity contribution in [1.29, 1.82) is 0 Å². The van der Waals surface area contributed by atoms with Gasteiger partial charge in [0.25, 0.3) is 5.91 Å². The number of aromatic nitrogens is 1. The van der Waals surface area contributed by atoms with Gasteiger partial charge in [-0.1, -0.05) is 0 Å². The first-order valence-electron chi connectivity index (χ1n) is 5.53.